The van der Waals surface area contributed by atoms with E-state index in [4.69, 9.17) is 16.3 Å². The van der Waals surface area contributed by atoms with Crippen LogP contribution in [0.3, 0.4) is 0 Å². The Morgan fingerprint density at radius 1 is 1.05 bits per heavy atom. The number of para-hydroxylation sites is 1. The number of amides is 3. The van der Waals surface area contributed by atoms with Crippen molar-refractivity contribution in [3.63, 3.8) is 0 Å². The van der Waals surface area contributed by atoms with Gasteiger partial charge in [0, 0.05) is 19.6 Å². The van der Waals surface area contributed by atoms with Gasteiger partial charge in [0.1, 0.15) is 11.6 Å². The number of aliphatic hydroxyl groups is 1. The normalized spacial score (nSPS) is 33.8. The molecule has 0 aromatic heterocycles. The number of hydrogen-bond acceptors (Lipinski definition) is 5. The zero-order chi connectivity index (χ0) is 26.5. The number of nitrogens with zero attached hydrogens (tertiary/aromatic N) is 3. The van der Waals surface area contributed by atoms with Crippen molar-refractivity contribution in [2.45, 2.75) is 56.9 Å². The Bertz CT molecular complexity index is 1170. The average Bonchev–Trinajstić information content (AvgIpc) is 3.15. The molecule has 4 heterocycles. The molecule has 4 aliphatic rings. The second-order valence-electron chi connectivity index (χ2n) is 10.5. The summed E-state index contributed by atoms with van der Waals surface area (Å²) in [4.78, 5) is 47.5. The van der Waals surface area contributed by atoms with Gasteiger partial charge in [-0.25, -0.2) is 0 Å². The predicted molar refractivity (Wildman–Crippen MR) is 140 cm³/mol. The van der Waals surface area contributed by atoms with Crippen LogP contribution in [0.2, 0.25) is 5.02 Å². The molecule has 5 rings (SSSR count). The fourth-order valence-electron chi connectivity index (χ4n) is 6.68. The van der Waals surface area contributed by atoms with Crippen molar-refractivity contribution in [1.29, 1.82) is 0 Å². The monoisotopic (exact) mass is 527 g/mol. The highest BCUT2D eigenvalue weighted by Gasteiger charge is 2.75. The fraction of sp³-hybridized carbons (Fsp3) is 0.536. The average molecular weight is 528 g/mol. The van der Waals surface area contributed by atoms with Gasteiger partial charge in [-0.2, -0.15) is 0 Å². The van der Waals surface area contributed by atoms with E-state index in [1.807, 2.05) is 45.1 Å². The molecule has 4 aliphatic heterocycles. The van der Waals surface area contributed by atoms with Gasteiger partial charge in [0.15, 0.2) is 0 Å². The molecule has 1 aromatic rings. The van der Waals surface area contributed by atoms with Gasteiger partial charge in [-0.1, -0.05) is 61.9 Å². The van der Waals surface area contributed by atoms with Gasteiger partial charge in [-0.05, 0) is 31.9 Å². The van der Waals surface area contributed by atoms with E-state index >= 15 is 0 Å². The van der Waals surface area contributed by atoms with E-state index in [1.165, 1.54) is 4.90 Å². The summed E-state index contributed by atoms with van der Waals surface area (Å²) in [6.07, 6.45) is 8.68. The zero-order valence-corrected chi connectivity index (χ0v) is 22.2. The van der Waals surface area contributed by atoms with Crippen molar-refractivity contribution in [3.8, 4) is 0 Å². The maximum absolute atomic E-state index is 14.4. The number of rotatable bonds is 6. The molecule has 0 aliphatic carbocycles. The van der Waals surface area contributed by atoms with Gasteiger partial charge < -0.3 is 24.5 Å². The summed E-state index contributed by atoms with van der Waals surface area (Å²) >= 11 is 6.49. The number of carbonyl (C=O) groups is 3. The lowest BCUT2D eigenvalue weighted by Crippen LogP contribution is -2.58. The summed E-state index contributed by atoms with van der Waals surface area (Å²) in [6, 6.07) is 5.43. The first-order chi connectivity index (χ1) is 17.7. The number of carbonyl (C=O) groups excluding carboxylic acids is 3. The van der Waals surface area contributed by atoms with Gasteiger partial charge in [0.05, 0.1) is 40.8 Å². The largest absolute Gasteiger partial charge is 0.394 e. The Morgan fingerprint density at radius 3 is 2.46 bits per heavy atom. The first-order valence-electron chi connectivity index (χ1n) is 13.1. The van der Waals surface area contributed by atoms with Crippen LogP contribution in [0.4, 0.5) is 5.69 Å². The van der Waals surface area contributed by atoms with E-state index in [1.54, 1.807) is 34.1 Å². The smallest absolute Gasteiger partial charge is 0.253 e. The van der Waals surface area contributed by atoms with E-state index in [9.17, 15) is 19.5 Å². The fourth-order valence-corrected chi connectivity index (χ4v) is 6.91. The molecule has 2 fully saturated rings. The molecular weight excluding hydrogens is 494 g/mol. The van der Waals surface area contributed by atoms with Crippen LogP contribution < -0.4 is 4.90 Å². The van der Waals surface area contributed by atoms with E-state index < -0.39 is 35.1 Å². The lowest BCUT2D eigenvalue weighted by molar-refractivity contribution is -0.151. The van der Waals surface area contributed by atoms with E-state index in [0.717, 1.165) is 6.42 Å². The summed E-state index contributed by atoms with van der Waals surface area (Å²) in [7, 11) is 0. The first-order valence-corrected chi connectivity index (χ1v) is 13.4. The Hall–Kier alpha value is -2.68. The molecule has 0 radical (unpaired) electrons. The van der Waals surface area contributed by atoms with E-state index in [0.29, 0.717) is 30.2 Å². The van der Waals surface area contributed by atoms with Crippen LogP contribution in [-0.4, -0.2) is 82.2 Å². The van der Waals surface area contributed by atoms with Gasteiger partial charge in [0.2, 0.25) is 11.8 Å². The minimum Gasteiger partial charge on any atom is -0.394 e. The summed E-state index contributed by atoms with van der Waals surface area (Å²) in [5.41, 5.74) is -1.89. The predicted octanol–water partition coefficient (Wildman–Crippen LogP) is 2.79. The third kappa shape index (κ3) is 3.75. The molecule has 198 valence electrons. The van der Waals surface area contributed by atoms with Crippen molar-refractivity contribution in [1.82, 2.24) is 9.80 Å². The zero-order valence-electron chi connectivity index (χ0n) is 21.5. The maximum atomic E-state index is 14.4. The molecule has 1 N–H and O–H groups in total. The molecular formula is C28H34ClN3O5. The molecule has 9 heteroatoms. The molecule has 3 amide bonds. The number of anilines is 1. The molecule has 6 atom stereocenters. The van der Waals surface area contributed by atoms with Gasteiger partial charge in [-0.15, -0.1) is 0 Å². The Kier molecular flexibility index (Phi) is 6.71. The molecule has 1 spiro atoms. The highest BCUT2D eigenvalue weighted by atomic mass is 35.5. The maximum Gasteiger partial charge on any atom is 0.253 e. The Balaban J connectivity index is 1.68. The summed E-state index contributed by atoms with van der Waals surface area (Å²) in [5, 5.41) is 10.7. The second kappa shape index (κ2) is 9.57. The minimum atomic E-state index is -1.36. The van der Waals surface area contributed by atoms with Gasteiger partial charge in [0.25, 0.3) is 5.91 Å². The number of hydrogen-bond donors (Lipinski definition) is 1. The SMILES string of the molecule is CCCN1CC=C[C@@]2(C)O[C@]34C=CCN(c5ccccc5Cl)C(=O)C3N([C@@H](CC)CO)C(=O)[C@@H]4[C@H]2C1=O. The first kappa shape index (κ1) is 25.9. The standard InChI is InChI=1S/C28H34ClN3O5/c1-4-14-30-15-8-12-27(3)21(24(30)34)22-25(35)32(18(5-2)17-33)23-26(36)31(16-9-13-28(22,23)37-27)20-11-7-6-10-19(20)29/h6-13,18,21-23,33H,4-5,14-17H2,1-3H3/t18-,21-,22-,23?,27+,28-/m0/s1. The number of ether oxygens (including phenoxy) is 1. The van der Waals surface area contributed by atoms with Crippen molar-refractivity contribution in [2.75, 3.05) is 31.1 Å². The number of fused-ring (bicyclic) bond motifs is 2. The minimum absolute atomic E-state index is 0.143. The quantitative estimate of drug-likeness (QED) is 0.575. The molecule has 37 heavy (non-hydrogen) atoms. The highest BCUT2D eigenvalue weighted by molar-refractivity contribution is 6.34. The topological polar surface area (TPSA) is 90.4 Å². The van der Waals surface area contributed by atoms with Crippen LogP contribution in [0.5, 0.6) is 0 Å². The molecule has 1 unspecified atom stereocenters. The van der Waals surface area contributed by atoms with Crippen molar-refractivity contribution >= 4 is 35.0 Å². The van der Waals surface area contributed by atoms with Crippen LogP contribution >= 0.6 is 11.6 Å². The summed E-state index contributed by atoms with van der Waals surface area (Å²) < 4.78 is 6.80. The molecule has 1 aromatic carbocycles. The molecule has 8 nitrogen and oxygen atoms in total. The number of likely N-dealkylation sites (tertiary alicyclic amines) is 1. The third-order valence-electron chi connectivity index (χ3n) is 8.29. The molecule has 2 saturated heterocycles. The van der Waals surface area contributed by atoms with Crippen molar-refractivity contribution < 1.29 is 24.2 Å². The van der Waals surface area contributed by atoms with Crippen LogP contribution in [-0.2, 0) is 19.1 Å². The summed E-state index contributed by atoms with van der Waals surface area (Å²) in [5.74, 6) is -2.51. The number of benzene rings is 1. The molecule has 0 saturated carbocycles. The lowest BCUT2D eigenvalue weighted by atomic mass is 9.74. The third-order valence-corrected chi connectivity index (χ3v) is 8.61. The Morgan fingerprint density at radius 2 is 1.78 bits per heavy atom. The van der Waals surface area contributed by atoms with Gasteiger partial charge >= 0.3 is 0 Å². The van der Waals surface area contributed by atoms with Crippen LogP contribution in [0.15, 0.2) is 48.6 Å². The molecule has 0 bridgehead atoms. The second-order valence-corrected chi connectivity index (χ2v) is 10.9. The Labute approximate surface area is 222 Å². The van der Waals surface area contributed by atoms with Crippen LogP contribution in [0.25, 0.3) is 0 Å². The summed E-state index contributed by atoms with van der Waals surface area (Å²) in [6.45, 7) is 6.67. The number of aliphatic hydroxyl groups excluding tert-OH is 1. The number of halogens is 1. The van der Waals surface area contributed by atoms with Crippen LogP contribution in [0, 0.1) is 11.8 Å². The lowest BCUT2D eigenvalue weighted by Gasteiger charge is -2.40. The van der Waals surface area contributed by atoms with E-state index in [-0.39, 0.29) is 30.9 Å². The van der Waals surface area contributed by atoms with Gasteiger partial charge in [-0.3, -0.25) is 14.4 Å². The van der Waals surface area contributed by atoms with Crippen molar-refractivity contribution in [3.05, 3.63) is 53.6 Å². The van der Waals surface area contributed by atoms with Crippen LogP contribution in [0.1, 0.15) is 33.6 Å². The highest BCUT2D eigenvalue weighted by Crippen LogP contribution is 2.58. The van der Waals surface area contributed by atoms with E-state index in [2.05, 4.69) is 0 Å². The van der Waals surface area contributed by atoms with Crippen molar-refractivity contribution in [2.24, 2.45) is 11.8 Å².